The molecule has 0 aliphatic heterocycles. The van der Waals surface area contributed by atoms with E-state index in [9.17, 15) is 9.59 Å². The quantitative estimate of drug-likeness (QED) is 0.788. The van der Waals surface area contributed by atoms with E-state index in [0.29, 0.717) is 24.0 Å². The van der Waals surface area contributed by atoms with Gasteiger partial charge < -0.3 is 14.9 Å². The minimum Gasteiger partial charge on any atom is -0.504 e. The first kappa shape index (κ1) is 16.0. The average Bonchev–Trinajstić information content (AvgIpc) is 2.37. The maximum Gasteiger partial charge on any atom is 0.303 e. The number of carboxylic acids is 1. The van der Waals surface area contributed by atoms with E-state index < -0.39 is 5.97 Å². The van der Waals surface area contributed by atoms with Crippen molar-refractivity contribution in [3.8, 4) is 11.5 Å². The lowest BCUT2D eigenvalue weighted by atomic mass is 10.2. The largest absolute Gasteiger partial charge is 0.504 e. The number of hydrogen-bond donors (Lipinski definition) is 2. The Morgan fingerprint density at radius 2 is 2.11 bits per heavy atom. The van der Waals surface area contributed by atoms with Crippen LogP contribution in [0.2, 0.25) is 0 Å². The van der Waals surface area contributed by atoms with Crippen LogP contribution in [0, 0.1) is 0 Å². The molecular weight excluding hydrogens is 236 g/mol. The molecule has 0 heterocycles. The average molecular weight is 254 g/mol. The summed E-state index contributed by atoms with van der Waals surface area (Å²) in [5, 5.41) is 17.1. The van der Waals surface area contributed by atoms with Crippen molar-refractivity contribution in [2.75, 3.05) is 7.11 Å². The van der Waals surface area contributed by atoms with Crippen molar-refractivity contribution in [1.29, 1.82) is 0 Å². The van der Waals surface area contributed by atoms with Gasteiger partial charge in [-0.25, -0.2) is 0 Å². The molecule has 0 bridgehead atoms. The summed E-state index contributed by atoms with van der Waals surface area (Å²) in [4.78, 5) is 20.0. The Labute approximate surface area is 106 Å². The first-order valence-corrected chi connectivity index (χ1v) is 5.59. The van der Waals surface area contributed by atoms with Crippen LogP contribution in [0.5, 0.6) is 11.5 Å². The molecular formula is C13H18O5. The Morgan fingerprint density at radius 3 is 2.50 bits per heavy atom. The molecule has 5 heteroatoms. The Hall–Kier alpha value is -2.04. The molecule has 18 heavy (non-hydrogen) atoms. The Morgan fingerprint density at radius 1 is 1.44 bits per heavy atom. The number of rotatable bonds is 5. The van der Waals surface area contributed by atoms with Crippen LogP contribution in [0.1, 0.15) is 36.5 Å². The maximum absolute atomic E-state index is 10.2. The summed E-state index contributed by atoms with van der Waals surface area (Å²) < 4.78 is 4.78. The highest BCUT2D eigenvalue weighted by molar-refractivity contribution is 5.76. The van der Waals surface area contributed by atoms with Crippen LogP contribution in [0.4, 0.5) is 0 Å². The van der Waals surface area contributed by atoms with Gasteiger partial charge in [-0.15, -0.1) is 0 Å². The van der Waals surface area contributed by atoms with Gasteiger partial charge in [0.2, 0.25) is 0 Å². The monoisotopic (exact) mass is 254 g/mol. The van der Waals surface area contributed by atoms with E-state index in [2.05, 4.69) is 0 Å². The Kier molecular flexibility index (Phi) is 8.01. The third-order valence-corrected chi connectivity index (χ3v) is 2.08. The van der Waals surface area contributed by atoms with Gasteiger partial charge in [0.15, 0.2) is 11.5 Å². The number of phenols is 1. The standard InChI is InChI=1S/C8H8O3.C5H10O2/c1-11-8-4-6(5-9)2-3-7(8)10;1-2-3-4-5(6)7/h2-5,10H,1H3;2-4H2,1H3,(H,6,7). The number of carbonyl (C=O) groups excluding carboxylic acids is 1. The van der Waals surface area contributed by atoms with Gasteiger partial charge in [-0.2, -0.15) is 0 Å². The molecule has 0 aliphatic rings. The molecule has 0 aliphatic carbocycles. The smallest absolute Gasteiger partial charge is 0.303 e. The highest BCUT2D eigenvalue weighted by Gasteiger charge is 2.00. The maximum atomic E-state index is 10.2. The van der Waals surface area contributed by atoms with Crippen LogP contribution in [-0.4, -0.2) is 29.6 Å². The number of hydrogen-bond acceptors (Lipinski definition) is 4. The summed E-state index contributed by atoms with van der Waals surface area (Å²) in [7, 11) is 1.43. The fourth-order valence-electron chi connectivity index (χ4n) is 1.10. The van der Waals surface area contributed by atoms with Crippen LogP contribution in [-0.2, 0) is 4.79 Å². The molecule has 0 amide bonds. The van der Waals surface area contributed by atoms with Gasteiger partial charge >= 0.3 is 5.97 Å². The summed E-state index contributed by atoms with van der Waals surface area (Å²) in [6, 6.07) is 4.41. The highest BCUT2D eigenvalue weighted by Crippen LogP contribution is 2.25. The van der Waals surface area contributed by atoms with Gasteiger partial charge in [-0.1, -0.05) is 13.3 Å². The number of unbranched alkanes of at least 4 members (excludes halogenated alkanes) is 1. The topological polar surface area (TPSA) is 83.8 Å². The molecule has 0 saturated heterocycles. The Balaban J connectivity index is 0.000000360. The van der Waals surface area contributed by atoms with Gasteiger partial charge in [0.05, 0.1) is 7.11 Å². The predicted octanol–water partition coefficient (Wildman–Crippen LogP) is 2.47. The summed E-state index contributed by atoms with van der Waals surface area (Å²) in [5.74, 6) is -0.338. The number of carboxylic acid groups (broad SMARTS) is 1. The lowest BCUT2D eigenvalue weighted by Gasteiger charge is -2.01. The van der Waals surface area contributed by atoms with Gasteiger partial charge in [0.25, 0.3) is 0 Å². The van der Waals surface area contributed by atoms with E-state index in [0.717, 1.165) is 12.8 Å². The summed E-state index contributed by atoms with van der Waals surface area (Å²) >= 11 is 0. The first-order chi connectivity index (χ1) is 8.54. The summed E-state index contributed by atoms with van der Waals surface area (Å²) in [5.41, 5.74) is 0.486. The van der Waals surface area contributed by atoms with Crippen molar-refractivity contribution in [2.24, 2.45) is 0 Å². The minimum absolute atomic E-state index is 0.0399. The van der Waals surface area contributed by atoms with E-state index in [-0.39, 0.29) is 5.75 Å². The molecule has 1 aromatic carbocycles. The highest BCUT2D eigenvalue weighted by atomic mass is 16.5. The molecule has 1 rings (SSSR count). The number of ether oxygens (including phenoxy) is 1. The lowest BCUT2D eigenvalue weighted by molar-refractivity contribution is -0.137. The summed E-state index contributed by atoms with van der Waals surface area (Å²) in [6.45, 7) is 1.98. The third kappa shape index (κ3) is 6.52. The zero-order valence-corrected chi connectivity index (χ0v) is 10.5. The van der Waals surface area contributed by atoms with Crippen molar-refractivity contribution in [1.82, 2.24) is 0 Å². The van der Waals surface area contributed by atoms with Gasteiger partial charge in [-0.05, 0) is 24.6 Å². The molecule has 1 aromatic rings. The molecule has 0 aromatic heterocycles. The molecule has 0 spiro atoms. The second-order valence-electron chi connectivity index (χ2n) is 3.55. The molecule has 100 valence electrons. The number of phenolic OH excluding ortho intramolecular Hbond substituents is 1. The van der Waals surface area contributed by atoms with Gasteiger partial charge in [-0.3, -0.25) is 9.59 Å². The number of methoxy groups -OCH3 is 1. The van der Waals surface area contributed by atoms with Crippen LogP contribution >= 0.6 is 0 Å². The zero-order chi connectivity index (χ0) is 14.0. The number of benzene rings is 1. The van der Waals surface area contributed by atoms with Crippen molar-refractivity contribution >= 4 is 12.3 Å². The Bertz CT molecular complexity index is 387. The number of aldehydes is 1. The number of aliphatic carboxylic acids is 1. The zero-order valence-electron chi connectivity index (χ0n) is 10.5. The molecule has 2 N–H and O–H groups in total. The molecule has 0 saturated carbocycles. The van der Waals surface area contributed by atoms with Crippen molar-refractivity contribution in [2.45, 2.75) is 26.2 Å². The van der Waals surface area contributed by atoms with E-state index in [1.807, 2.05) is 6.92 Å². The van der Waals surface area contributed by atoms with Crippen LogP contribution in [0.15, 0.2) is 18.2 Å². The first-order valence-electron chi connectivity index (χ1n) is 5.59. The second kappa shape index (κ2) is 9.04. The normalized spacial score (nSPS) is 9.00. The predicted molar refractivity (Wildman–Crippen MR) is 67.2 cm³/mol. The van der Waals surface area contributed by atoms with Gasteiger partial charge in [0, 0.05) is 12.0 Å². The summed E-state index contributed by atoms with van der Waals surface area (Å²) in [6.07, 6.45) is 2.78. The lowest BCUT2D eigenvalue weighted by Crippen LogP contribution is -1.91. The van der Waals surface area contributed by atoms with E-state index in [1.165, 1.54) is 25.3 Å². The SMILES string of the molecule is CCCCC(=O)O.COc1cc(C=O)ccc1O. The van der Waals surface area contributed by atoms with Gasteiger partial charge in [0.1, 0.15) is 6.29 Å². The fraction of sp³-hybridized carbons (Fsp3) is 0.385. The van der Waals surface area contributed by atoms with Crippen LogP contribution in [0.3, 0.4) is 0 Å². The number of carbonyl (C=O) groups is 2. The molecule has 5 nitrogen and oxygen atoms in total. The minimum atomic E-state index is -0.693. The van der Waals surface area contributed by atoms with Crippen LogP contribution < -0.4 is 4.74 Å². The van der Waals surface area contributed by atoms with Crippen LogP contribution in [0.25, 0.3) is 0 Å². The van der Waals surface area contributed by atoms with E-state index in [4.69, 9.17) is 14.9 Å². The van der Waals surface area contributed by atoms with Crippen molar-refractivity contribution in [3.63, 3.8) is 0 Å². The number of aromatic hydroxyl groups is 1. The van der Waals surface area contributed by atoms with Crippen molar-refractivity contribution < 1.29 is 24.5 Å². The van der Waals surface area contributed by atoms with E-state index in [1.54, 1.807) is 0 Å². The third-order valence-electron chi connectivity index (χ3n) is 2.08. The molecule has 0 atom stereocenters. The molecule has 0 fully saturated rings. The molecule has 0 radical (unpaired) electrons. The second-order valence-corrected chi connectivity index (χ2v) is 3.55. The molecule has 0 unspecified atom stereocenters. The van der Waals surface area contributed by atoms with E-state index >= 15 is 0 Å². The fourth-order valence-corrected chi connectivity index (χ4v) is 1.10. The van der Waals surface area contributed by atoms with Crippen molar-refractivity contribution in [3.05, 3.63) is 23.8 Å².